The second-order valence-electron chi connectivity index (χ2n) is 6.53. The maximum Gasteiger partial charge on any atom is 0.0459 e. The Morgan fingerprint density at radius 1 is 1.06 bits per heavy atom. The molecule has 1 aromatic carbocycles. The number of fused-ring (bicyclic) bond motifs is 3. The lowest BCUT2D eigenvalue weighted by Crippen LogP contribution is -2.41. The monoisotopic (exact) mass is 227 g/mol. The predicted molar refractivity (Wildman–Crippen MR) is 73.4 cm³/mol. The first-order valence-corrected chi connectivity index (χ1v) is 6.53. The van der Waals surface area contributed by atoms with Crippen LogP contribution in [0, 0.1) is 5.41 Å². The van der Waals surface area contributed by atoms with Crippen LogP contribution >= 0.6 is 0 Å². The smallest absolute Gasteiger partial charge is 0.0459 e. The molecule has 17 heavy (non-hydrogen) atoms. The third-order valence-electron chi connectivity index (χ3n) is 5.13. The number of aromatic nitrogens is 1. The number of nitrogens with one attached hydrogen (secondary N) is 1. The van der Waals surface area contributed by atoms with Gasteiger partial charge in [-0.1, -0.05) is 45.9 Å². The summed E-state index contributed by atoms with van der Waals surface area (Å²) in [6.07, 6.45) is 2.48. The fourth-order valence-corrected chi connectivity index (χ4v) is 3.08. The zero-order valence-electron chi connectivity index (χ0n) is 11.2. The van der Waals surface area contributed by atoms with Crippen molar-refractivity contribution in [2.45, 2.75) is 46.0 Å². The molecule has 1 heteroatoms. The van der Waals surface area contributed by atoms with E-state index in [9.17, 15) is 0 Å². The van der Waals surface area contributed by atoms with E-state index in [1.54, 1.807) is 5.56 Å². The highest BCUT2D eigenvalue weighted by molar-refractivity contribution is 5.85. The lowest BCUT2D eigenvalue weighted by atomic mass is 9.59. The summed E-state index contributed by atoms with van der Waals surface area (Å²) < 4.78 is 0. The molecule has 0 amide bonds. The molecule has 0 spiro atoms. The van der Waals surface area contributed by atoms with E-state index < -0.39 is 0 Å². The van der Waals surface area contributed by atoms with Crippen LogP contribution in [0.1, 0.15) is 45.4 Å². The van der Waals surface area contributed by atoms with Crippen molar-refractivity contribution >= 4 is 10.9 Å². The molecule has 2 aromatic rings. The molecule has 0 bridgehead atoms. The van der Waals surface area contributed by atoms with Gasteiger partial charge in [0.2, 0.25) is 0 Å². The van der Waals surface area contributed by atoms with Gasteiger partial charge in [-0.2, -0.15) is 0 Å². The summed E-state index contributed by atoms with van der Waals surface area (Å²) in [5, 5.41) is 1.42. The molecule has 0 atom stereocenters. The summed E-state index contributed by atoms with van der Waals surface area (Å²) >= 11 is 0. The van der Waals surface area contributed by atoms with E-state index in [4.69, 9.17) is 0 Å². The normalized spacial score (nSPS) is 21.4. The first-order chi connectivity index (χ1) is 7.93. The van der Waals surface area contributed by atoms with Gasteiger partial charge in [-0.05, 0) is 29.9 Å². The first-order valence-electron chi connectivity index (χ1n) is 6.53. The molecule has 0 saturated carbocycles. The first kappa shape index (κ1) is 10.9. The number of hydrogen-bond donors (Lipinski definition) is 1. The average Bonchev–Trinajstić information content (AvgIpc) is 2.64. The summed E-state index contributed by atoms with van der Waals surface area (Å²) in [6.45, 7) is 9.53. The molecular weight excluding hydrogens is 206 g/mol. The highest BCUT2D eigenvalue weighted by atomic mass is 14.8. The van der Waals surface area contributed by atoms with Crippen LogP contribution in [0.25, 0.3) is 10.9 Å². The Morgan fingerprint density at radius 3 is 2.53 bits per heavy atom. The molecular formula is C16H21N. The van der Waals surface area contributed by atoms with Crippen LogP contribution < -0.4 is 0 Å². The van der Waals surface area contributed by atoms with Crippen molar-refractivity contribution in [1.82, 2.24) is 4.98 Å². The fourth-order valence-electron chi connectivity index (χ4n) is 3.08. The molecule has 1 nitrogen and oxygen atoms in total. The summed E-state index contributed by atoms with van der Waals surface area (Å²) in [6, 6.07) is 8.70. The van der Waals surface area contributed by atoms with Crippen molar-refractivity contribution in [1.29, 1.82) is 0 Å². The number of aryl methyl sites for hydroxylation is 1. The molecule has 1 heterocycles. The van der Waals surface area contributed by atoms with E-state index in [0.29, 0.717) is 5.41 Å². The van der Waals surface area contributed by atoms with E-state index in [1.807, 2.05) is 0 Å². The summed E-state index contributed by atoms with van der Waals surface area (Å²) in [5.74, 6) is 0. The Morgan fingerprint density at radius 2 is 1.76 bits per heavy atom. The quantitative estimate of drug-likeness (QED) is 0.686. The van der Waals surface area contributed by atoms with Crippen molar-refractivity contribution in [3.8, 4) is 0 Å². The van der Waals surface area contributed by atoms with Gasteiger partial charge in [-0.25, -0.2) is 0 Å². The van der Waals surface area contributed by atoms with Gasteiger partial charge in [0.1, 0.15) is 0 Å². The third-order valence-corrected chi connectivity index (χ3v) is 5.13. The summed E-state index contributed by atoms with van der Waals surface area (Å²) in [7, 11) is 0. The molecule has 90 valence electrons. The Labute approximate surface area is 103 Å². The standard InChI is InChI=1S/C16H21N/c1-15(2)10-9-12-11-7-5-6-8-13(11)17-14(12)16(15,3)4/h5-8,17H,9-10H2,1-4H3. The molecule has 0 radical (unpaired) electrons. The third kappa shape index (κ3) is 1.31. The molecule has 0 saturated heterocycles. The Bertz CT molecular complexity index is 572. The van der Waals surface area contributed by atoms with E-state index in [1.165, 1.54) is 29.4 Å². The summed E-state index contributed by atoms with van der Waals surface area (Å²) in [4.78, 5) is 3.66. The van der Waals surface area contributed by atoms with Gasteiger partial charge in [0, 0.05) is 22.0 Å². The van der Waals surface area contributed by atoms with Crippen LogP contribution in [0.5, 0.6) is 0 Å². The van der Waals surface area contributed by atoms with Gasteiger partial charge in [-0.3, -0.25) is 0 Å². The van der Waals surface area contributed by atoms with Gasteiger partial charge in [-0.15, -0.1) is 0 Å². The average molecular weight is 227 g/mol. The molecule has 0 fully saturated rings. The van der Waals surface area contributed by atoms with E-state index in [2.05, 4.69) is 56.9 Å². The minimum atomic E-state index is 0.222. The second-order valence-corrected chi connectivity index (χ2v) is 6.53. The van der Waals surface area contributed by atoms with Crippen molar-refractivity contribution in [3.63, 3.8) is 0 Å². The Kier molecular flexibility index (Phi) is 2.02. The largest absolute Gasteiger partial charge is 0.358 e. The van der Waals surface area contributed by atoms with E-state index >= 15 is 0 Å². The maximum absolute atomic E-state index is 3.66. The second kappa shape index (κ2) is 3.16. The Balaban J connectivity index is 2.32. The van der Waals surface area contributed by atoms with Crippen LogP contribution in [0.15, 0.2) is 24.3 Å². The molecule has 1 aliphatic rings. The number of rotatable bonds is 0. The van der Waals surface area contributed by atoms with Crippen LogP contribution in [0.4, 0.5) is 0 Å². The zero-order chi connectivity index (χ0) is 12.3. The topological polar surface area (TPSA) is 15.8 Å². The molecule has 1 aliphatic carbocycles. The minimum absolute atomic E-state index is 0.222. The number of para-hydroxylation sites is 1. The maximum atomic E-state index is 3.66. The van der Waals surface area contributed by atoms with Gasteiger partial charge in [0.05, 0.1) is 0 Å². The van der Waals surface area contributed by atoms with Crippen LogP contribution in [-0.4, -0.2) is 4.98 Å². The molecule has 1 N–H and O–H groups in total. The van der Waals surface area contributed by atoms with Crippen molar-refractivity contribution in [2.24, 2.45) is 5.41 Å². The summed E-state index contributed by atoms with van der Waals surface area (Å²) in [5.41, 5.74) is 4.88. The van der Waals surface area contributed by atoms with Gasteiger partial charge < -0.3 is 4.98 Å². The molecule has 1 aromatic heterocycles. The van der Waals surface area contributed by atoms with Crippen LogP contribution in [-0.2, 0) is 11.8 Å². The highest BCUT2D eigenvalue weighted by Crippen LogP contribution is 2.50. The SMILES string of the molecule is CC1(C)CCc2c([nH]c3ccccc23)C1(C)C. The lowest BCUT2D eigenvalue weighted by Gasteiger charge is -2.45. The number of H-pyrrole nitrogens is 1. The number of aromatic amines is 1. The van der Waals surface area contributed by atoms with Crippen molar-refractivity contribution in [3.05, 3.63) is 35.5 Å². The number of benzene rings is 1. The number of hydrogen-bond acceptors (Lipinski definition) is 0. The molecule has 3 rings (SSSR count). The van der Waals surface area contributed by atoms with E-state index in [0.717, 1.165) is 0 Å². The van der Waals surface area contributed by atoms with Crippen molar-refractivity contribution in [2.75, 3.05) is 0 Å². The van der Waals surface area contributed by atoms with Crippen LogP contribution in [0.3, 0.4) is 0 Å². The lowest BCUT2D eigenvalue weighted by molar-refractivity contribution is 0.161. The van der Waals surface area contributed by atoms with Crippen molar-refractivity contribution < 1.29 is 0 Å². The highest BCUT2D eigenvalue weighted by Gasteiger charge is 2.44. The van der Waals surface area contributed by atoms with Gasteiger partial charge in [0.15, 0.2) is 0 Å². The Hall–Kier alpha value is -1.24. The van der Waals surface area contributed by atoms with Gasteiger partial charge >= 0.3 is 0 Å². The van der Waals surface area contributed by atoms with E-state index in [-0.39, 0.29) is 5.41 Å². The van der Waals surface area contributed by atoms with Gasteiger partial charge in [0.25, 0.3) is 0 Å². The molecule has 0 unspecified atom stereocenters. The zero-order valence-corrected chi connectivity index (χ0v) is 11.2. The fraction of sp³-hybridized carbons (Fsp3) is 0.500. The molecule has 0 aliphatic heterocycles. The van der Waals surface area contributed by atoms with Crippen LogP contribution in [0.2, 0.25) is 0 Å². The predicted octanol–water partition coefficient (Wildman–Crippen LogP) is 4.42. The minimum Gasteiger partial charge on any atom is -0.358 e.